The Morgan fingerprint density at radius 3 is 1.87 bits per heavy atom. The number of hydrogen-bond acceptors (Lipinski definition) is 5. The van der Waals surface area contributed by atoms with Crippen LogP contribution in [0.25, 0.3) is 106 Å². The minimum Gasteiger partial charge on any atom is -0.456 e. The minimum atomic E-state index is 0.593. The van der Waals surface area contributed by atoms with Crippen LogP contribution >= 0.6 is 0 Å². The summed E-state index contributed by atoms with van der Waals surface area (Å²) >= 11 is 0. The standard InChI is InChI=1S/C49H31N3O2/c1-2-10-30(11-3-1)32-20-23-33(24-21-32)47-50-48(36-25-22-31-12-4-5-13-34(31)28-36)52-49(51-47)40-16-9-19-43-46(40)45-37(15-8-18-42(45)54-43)35-26-27-39-38-14-6-7-17-41(38)53-44(39)29-35/h1-4,6-12,14-29H,5,13H2. The highest BCUT2D eigenvalue weighted by atomic mass is 16.3. The molecule has 0 N–H and O–H groups in total. The van der Waals surface area contributed by atoms with Crippen LogP contribution in [0.3, 0.4) is 0 Å². The minimum absolute atomic E-state index is 0.593. The zero-order valence-electron chi connectivity index (χ0n) is 29.2. The van der Waals surface area contributed by atoms with Gasteiger partial charge in [-0.15, -0.1) is 0 Å². The molecule has 0 amide bonds. The molecule has 5 heteroatoms. The number of benzene rings is 7. The molecular formula is C49H31N3O2. The van der Waals surface area contributed by atoms with Gasteiger partial charge in [-0.05, 0) is 82.6 Å². The molecule has 0 bridgehead atoms. The topological polar surface area (TPSA) is 65.0 Å². The van der Waals surface area contributed by atoms with Crippen LogP contribution < -0.4 is 0 Å². The Bertz CT molecular complexity index is 3100. The molecule has 1 aliphatic carbocycles. The van der Waals surface area contributed by atoms with Crippen molar-refractivity contribution in [1.82, 2.24) is 15.0 Å². The second-order valence-corrected chi connectivity index (χ2v) is 13.9. The first kappa shape index (κ1) is 30.5. The van der Waals surface area contributed by atoms with Gasteiger partial charge in [0, 0.05) is 38.2 Å². The van der Waals surface area contributed by atoms with Crippen LogP contribution in [0, 0.1) is 0 Å². The Labute approximate surface area is 310 Å². The lowest BCUT2D eigenvalue weighted by atomic mass is 9.95. The molecule has 254 valence electrons. The summed E-state index contributed by atoms with van der Waals surface area (Å²) in [6, 6.07) is 52.4. The summed E-state index contributed by atoms with van der Waals surface area (Å²) in [5.41, 5.74) is 13.0. The molecule has 5 nitrogen and oxygen atoms in total. The smallest absolute Gasteiger partial charge is 0.164 e. The van der Waals surface area contributed by atoms with E-state index in [-0.39, 0.29) is 0 Å². The molecular weight excluding hydrogens is 663 g/mol. The van der Waals surface area contributed by atoms with E-state index in [0.717, 1.165) is 95.7 Å². The number of rotatable bonds is 5. The van der Waals surface area contributed by atoms with Gasteiger partial charge >= 0.3 is 0 Å². The third-order valence-corrected chi connectivity index (χ3v) is 10.6. The number of fused-ring (bicyclic) bond motifs is 7. The predicted octanol–water partition coefficient (Wildman–Crippen LogP) is 13.0. The fraction of sp³-hybridized carbons (Fsp3) is 0.0408. The lowest BCUT2D eigenvalue weighted by Crippen LogP contribution is -2.02. The van der Waals surface area contributed by atoms with Crippen molar-refractivity contribution in [2.75, 3.05) is 0 Å². The van der Waals surface area contributed by atoms with E-state index in [1.807, 2.05) is 48.5 Å². The van der Waals surface area contributed by atoms with Crippen molar-refractivity contribution in [3.63, 3.8) is 0 Å². The maximum absolute atomic E-state index is 6.56. The van der Waals surface area contributed by atoms with Crippen LogP contribution in [0.1, 0.15) is 17.5 Å². The second kappa shape index (κ2) is 12.2. The summed E-state index contributed by atoms with van der Waals surface area (Å²) < 4.78 is 12.9. The van der Waals surface area contributed by atoms with Gasteiger partial charge in [-0.25, -0.2) is 15.0 Å². The Morgan fingerprint density at radius 2 is 1.02 bits per heavy atom. The molecule has 54 heavy (non-hydrogen) atoms. The fourth-order valence-corrected chi connectivity index (χ4v) is 7.96. The summed E-state index contributed by atoms with van der Waals surface area (Å²) in [6.07, 6.45) is 6.46. The summed E-state index contributed by atoms with van der Waals surface area (Å²) in [6.45, 7) is 0. The number of nitrogens with zero attached hydrogens (tertiary/aromatic N) is 3. The van der Waals surface area contributed by atoms with E-state index in [0.29, 0.717) is 17.5 Å². The SMILES string of the molecule is C1=Cc2ccc(-c3nc(-c4ccc(-c5ccccc5)cc4)nc(-c4cccc5oc6cccc(-c7ccc8c(c7)oc7ccccc78)c6c45)n3)cc2CC1. The van der Waals surface area contributed by atoms with Gasteiger partial charge in [0.05, 0.1) is 0 Å². The molecule has 10 aromatic rings. The molecule has 0 saturated carbocycles. The van der Waals surface area contributed by atoms with Gasteiger partial charge in [0.1, 0.15) is 22.3 Å². The Morgan fingerprint density at radius 1 is 0.407 bits per heavy atom. The van der Waals surface area contributed by atoms with Crippen LogP contribution in [-0.4, -0.2) is 15.0 Å². The first-order chi connectivity index (χ1) is 26.7. The number of allylic oxidation sites excluding steroid dienone is 1. The van der Waals surface area contributed by atoms with Crippen molar-refractivity contribution in [2.45, 2.75) is 12.8 Å². The zero-order valence-corrected chi connectivity index (χ0v) is 29.2. The summed E-state index contributed by atoms with van der Waals surface area (Å²) in [7, 11) is 0. The molecule has 1 aliphatic rings. The third-order valence-electron chi connectivity index (χ3n) is 10.6. The van der Waals surface area contributed by atoms with Gasteiger partial charge in [0.2, 0.25) is 0 Å². The monoisotopic (exact) mass is 693 g/mol. The summed E-state index contributed by atoms with van der Waals surface area (Å²) in [4.78, 5) is 15.5. The summed E-state index contributed by atoms with van der Waals surface area (Å²) in [5.74, 6) is 1.85. The Balaban J connectivity index is 1.11. The van der Waals surface area contributed by atoms with E-state index >= 15 is 0 Å². The Kier molecular flexibility index (Phi) is 6.92. The molecule has 0 saturated heterocycles. The van der Waals surface area contributed by atoms with Gasteiger partial charge in [-0.1, -0.05) is 127 Å². The van der Waals surface area contributed by atoms with Crippen molar-refractivity contribution in [3.05, 3.63) is 169 Å². The molecule has 7 aromatic carbocycles. The van der Waals surface area contributed by atoms with Crippen LogP contribution in [0.4, 0.5) is 0 Å². The van der Waals surface area contributed by atoms with Crippen molar-refractivity contribution in [1.29, 1.82) is 0 Å². The first-order valence-electron chi connectivity index (χ1n) is 18.3. The number of para-hydroxylation sites is 1. The van der Waals surface area contributed by atoms with Gasteiger partial charge in [0.25, 0.3) is 0 Å². The number of aryl methyl sites for hydroxylation is 1. The second-order valence-electron chi connectivity index (χ2n) is 13.9. The number of hydrogen-bond donors (Lipinski definition) is 0. The lowest BCUT2D eigenvalue weighted by molar-refractivity contribution is 0.668. The first-order valence-corrected chi connectivity index (χ1v) is 18.3. The highest BCUT2D eigenvalue weighted by molar-refractivity contribution is 6.18. The molecule has 3 heterocycles. The van der Waals surface area contributed by atoms with E-state index < -0.39 is 0 Å². The van der Waals surface area contributed by atoms with Crippen LogP contribution in [-0.2, 0) is 6.42 Å². The number of furan rings is 2. The van der Waals surface area contributed by atoms with E-state index in [4.69, 9.17) is 23.8 Å². The van der Waals surface area contributed by atoms with E-state index in [9.17, 15) is 0 Å². The van der Waals surface area contributed by atoms with Crippen LogP contribution in [0.5, 0.6) is 0 Å². The number of aromatic nitrogens is 3. The van der Waals surface area contributed by atoms with Crippen molar-refractivity contribution in [3.8, 4) is 56.4 Å². The molecule has 11 rings (SSSR count). The van der Waals surface area contributed by atoms with Gasteiger partial charge in [-0.3, -0.25) is 0 Å². The highest BCUT2D eigenvalue weighted by Crippen LogP contribution is 2.42. The van der Waals surface area contributed by atoms with E-state index in [1.165, 1.54) is 11.1 Å². The van der Waals surface area contributed by atoms with Crippen molar-refractivity contribution >= 4 is 50.0 Å². The molecule has 0 atom stereocenters. The van der Waals surface area contributed by atoms with Gasteiger partial charge < -0.3 is 8.83 Å². The highest BCUT2D eigenvalue weighted by Gasteiger charge is 2.21. The quantitative estimate of drug-likeness (QED) is 0.179. The predicted molar refractivity (Wildman–Crippen MR) is 219 cm³/mol. The summed E-state index contributed by atoms with van der Waals surface area (Å²) in [5, 5.41) is 4.18. The molecule has 0 spiro atoms. The maximum atomic E-state index is 6.56. The molecule has 0 unspecified atom stereocenters. The molecule has 0 aliphatic heterocycles. The average Bonchev–Trinajstić information content (AvgIpc) is 3.82. The van der Waals surface area contributed by atoms with E-state index in [2.05, 4.69) is 115 Å². The average molecular weight is 694 g/mol. The van der Waals surface area contributed by atoms with Crippen molar-refractivity contribution in [2.24, 2.45) is 0 Å². The van der Waals surface area contributed by atoms with Gasteiger partial charge in [0.15, 0.2) is 17.5 Å². The zero-order chi connectivity index (χ0) is 35.6. The van der Waals surface area contributed by atoms with Crippen LogP contribution in [0.2, 0.25) is 0 Å². The Hall–Kier alpha value is -7.11. The van der Waals surface area contributed by atoms with Gasteiger partial charge in [-0.2, -0.15) is 0 Å². The van der Waals surface area contributed by atoms with Crippen molar-refractivity contribution < 1.29 is 8.83 Å². The third kappa shape index (κ3) is 5.05. The van der Waals surface area contributed by atoms with E-state index in [1.54, 1.807) is 0 Å². The normalized spacial score (nSPS) is 12.6. The fourth-order valence-electron chi connectivity index (χ4n) is 7.96. The molecule has 3 aromatic heterocycles. The van der Waals surface area contributed by atoms with Crippen LogP contribution in [0.15, 0.2) is 167 Å². The lowest BCUT2D eigenvalue weighted by Gasteiger charge is -2.13. The largest absolute Gasteiger partial charge is 0.456 e. The maximum Gasteiger partial charge on any atom is 0.164 e. The molecule has 0 fully saturated rings. The molecule has 0 radical (unpaired) electrons.